The predicted octanol–water partition coefficient (Wildman–Crippen LogP) is 1.54. The minimum Gasteiger partial charge on any atom is -0.459 e. The third-order valence-electron chi connectivity index (χ3n) is 4.70. The van der Waals surface area contributed by atoms with Crippen LogP contribution in [0.4, 0.5) is 0 Å². The number of ether oxygens (including phenoxy) is 1. The minimum absolute atomic E-state index is 0.142. The van der Waals surface area contributed by atoms with Crippen LogP contribution in [0.1, 0.15) is 52.9 Å². The number of carbonyl (C=O) groups is 1. The highest BCUT2D eigenvalue weighted by Crippen LogP contribution is 2.41. The van der Waals surface area contributed by atoms with E-state index in [-0.39, 0.29) is 11.6 Å². The van der Waals surface area contributed by atoms with Crippen molar-refractivity contribution < 1.29 is 9.53 Å². The van der Waals surface area contributed by atoms with Crippen LogP contribution in [0.2, 0.25) is 0 Å². The molecule has 17 heavy (non-hydrogen) atoms. The number of carbonyl (C=O) groups excluding carboxylic acids is 1. The molecule has 2 rings (SSSR count). The number of esters is 1. The molecule has 1 heterocycles. The number of nitrogens with two attached hydrogens (primary N) is 1. The molecule has 0 bridgehead atoms. The highest BCUT2D eigenvalue weighted by atomic mass is 16.6. The molecule has 2 atom stereocenters. The fourth-order valence-corrected chi connectivity index (χ4v) is 2.69. The zero-order valence-corrected chi connectivity index (χ0v) is 11.1. The summed E-state index contributed by atoms with van der Waals surface area (Å²) in [5.74, 6) is -0.142. The Bertz CT molecular complexity index is 319. The van der Waals surface area contributed by atoms with E-state index in [1.807, 2.05) is 20.8 Å². The summed E-state index contributed by atoms with van der Waals surface area (Å²) in [6.07, 6.45) is 4.95. The summed E-state index contributed by atoms with van der Waals surface area (Å²) in [4.78, 5) is 12.4. The largest absolute Gasteiger partial charge is 0.459 e. The van der Waals surface area contributed by atoms with Crippen molar-refractivity contribution >= 4 is 5.97 Å². The lowest BCUT2D eigenvalue weighted by Crippen LogP contribution is -2.53. The molecule has 0 radical (unpaired) electrons. The third kappa shape index (κ3) is 2.08. The van der Waals surface area contributed by atoms with E-state index < -0.39 is 11.1 Å². The zero-order chi connectivity index (χ0) is 12.7. The van der Waals surface area contributed by atoms with Crippen molar-refractivity contribution in [2.45, 2.75) is 64.1 Å². The van der Waals surface area contributed by atoms with Crippen molar-refractivity contribution in [2.24, 2.45) is 11.1 Å². The SMILES string of the molecule is CCC(C)(C(=O)OC1(C)CCCC1)C1(N)CN1. The van der Waals surface area contributed by atoms with Gasteiger partial charge in [-0.3, -0.25) is 10.1 Å². The van der Waals surface area contributed by atoms with Crippen LogP contribution < -0.4 is 11.1 Å². The normalized spacial score (nSPS) is 34.1. The zero-order valence-electron chi connectivity index (χ0n) is 11.1. The molecule has 1 aliphatic carbocycles. The van der Waals surface area contributed by atoms with Gasteiger partial charge in [-0.05, 0) is 46.0 Å². The quantitative estimate of drug-likeness (QED) is 0.577. The molecule has 0 amide bonds. The summed E-state index contributed by atoms with van der Waals surface area (Å²) < 4.78 is 5.76. The lowest BCUT2D eigenvalue weighted by molar-refractivity contribution is -0.171. The maximum atomic E-state index is 12.4. The Kier molecular flexibility index (Phi) is 2.99. The Hall–Kier alpha value is -0.610. The first-order chi connectivity index (χ1) is 7.85. The van der Waals surface area contributed by atoms with Crippen molar-refractivity contribution in [1.82, 2.24) is 5.32 Å². The smallest absolute Gasteiger partial charge is 0.315 e. The molecule has 2 unspecified atom stereocenters. The molecule has 3 N–H and O–H groups in total. The van der Waals surface area contributed by atoms with Gasteiger partial charge in [0.15, 0.2) is 0 Å². The average molecular weight is 240 g/mol. The topological polar surface area (TPSA) is 74.3 Å². The molecule has 98 valence electrons. The van der Waals surface area contributed by atoms with Crippen molar-refractivity contribution in [3.63, 3.8) is 0 Å². The van der Waals surface area contributed by atoms with Crippen molar-refractivity contribution in [1.29, 1.82) is 0 Å². The molecule has 0 spiro atoms. The molecule has 4 heteroatoms. The molecule has 0 aromatic heterocycles. The van der Waals surface area contributed by atoms with Crippen molar-refractivity contribution in [2.75, 3.05) is 6.54 Å². The lowest BCUT2D eigenvalue weighted by atomic mass is 9.79. The minimum atomic E-state index is -0.612. The second-order valence-corrected chi connectivity index (χ2v) is 6.06. The van der Waals surface area contributed by atoms with Crippen LogP contribution in [0.15, 0.2) is 0 Å². The monoisotopic (exact) mass is 240 g/mol. The van der Waals surface area contributed by atoms with Gasteiger partial charge >= 0.3 is 5.97 Å². The number of rotatable bonds is 4. The fraction of sp³-hybridized carbons (Fsp3) is 0.923. The van der Waals surface area contributed by atoms with Crippen molar-refractivity contribution in [3.05, 3.63) is 0 Å². The number of nitrogens with one attached hydrogen (secondary N) is 1. The van der Waals surface area contributed by atoms with Gasteiger partial charge in [-0.2, -0.15) is 0 Å². The van der Waals surface area contributed by atoms with Gasteiger partial charge in [0.2, 0.25) is 0 Å². The second-order valence-electron chi connectivity index (χ2n) is 6.06. The summed E-state index contributed by atoms with van der Waals surface area (Å²) in [6, 6.07) is 0. The Morgan fingerprint density at radius 3 is 2.41 bits per heavy atom. The average Bonchev–Trinajstić information content (AvgIpc) is 2.90. The van der Waals surface area contributed by atoms with E-state index in [0.29, 0.717) is 13.0 Å². The first-order valence-corrected chi connectivity index (χ1v) is 6.63. The molecular formula is C13H24N2O2. The van der Waals surface area contributed by atoms with Crippen LogP contribution in [-0.2, 0) is 9.53 Å². The Morgan fingerprint density at radius 2 is 2.00 bits per heavy atom. The molecule has 1 aliphatic heterocycles. The molecule has 1 saturated heterocycles. The molecule has 4 nitrogen and oxygen atoms in total. The lowest BCUT2D eigenvalue weighted by Gasteiger charge is -2.35. The van der Waals surface area contributed by atoms with E-state index >= 15 is 0 Å². The van der Waals surface area contributed by atoms with Crippen LogP contribution in [0.25, 0.3) is 0 Å². The fourth-order valence-electron chi connectivity index (χ4n) is 2.69. The Labute approximate surface area is 103 Å². The highest BCUT2D eigenvalue weighted by Gasteiger charge is 2.59. The Balaban J connectivity index is 2.08. The first kappa shape index (κ1) is 12.8. The second kappa shape index (κ2) is 3.95. The first-order valence-electron chi connectivity index (χ1n) is 6.63. The molecule has 1 saturated carbocycles. The van der Waals surface area contributed by atoms with Crippen LogP contribution >= 0.6 is 0 Å². The number of hydrogen-bond acceptors (Lipinski definition) is 4. The Morgan fingerprint density at radius 1 is 1.47 bits per heavy atom. The summed E-state index contributed by atoms with van der Waals surface area (Å²) >= 11 is 0. The van der Waals surface area contributed by atoms with Gasteiger partial charge in [-0.1, -0.05) is 6.92 Å². The van der Waals surface area contributed by atoms with Gasteiger partial charge in [0.1, 0.15) is 5.60 Å². The van der Waals surface area contributed by atoms with E-state index in [2.05, 4.69) is 5.32 Å². The summed E-state index contributed by atoms with van der Waals surface area (Å²) in [5.41, 5.74) is 4.70. The van der Waals surface area contributed by atoms with Crippen LogP contribution in [0.5, 0.6) is 0 Å². The van der Waals surface area contributed by atoms with Gasteiger partial charge in [-0.25, -0.2) is 0 Å². The van der Waals surface area contributed by atoms with E-state index in [1.165, 1.54) is 0 Å². The standard InChI is InChI=1S/C13H24N2O2/c1-4-12(3,13(14)9-15-13)10(16)17-11(2)7-5-6-8-11/h15H,4-9,14H2,1-3H3. The van der Waals surface area contributed by atoms with Gasteiger partial charge in [0.05, 0.1) is 11.1 Å². The van der Waals surface area contributed by atoms with Gasteiger partial charge < -0.3 is 10.5 Å². The molecule has 2 aliphatic rings. The van der Waals surface area contributed by atoms with E-state index in [1.54, 1.807) is 0 Å². The third-order valence-corrected chi connectivity index (χ3v) is 4.70. The maximum absolute atomic E-state index is 12.4. The van der Waals surface area contributed by atoms with Gasteiger partial charge in [0.25, 0.3) is 0 Å². The van der Waals surface area contributed by atoms with E-state index in [4.69, 9.17) is 10.5 Å². The summed E-state index contributed by atoms with van der Waals surface area (Å²) in [7, 11) is 0. The van der Waals surface area contributed by atoms with Crippen LogP contribution in [0.3, 0.4) is 0 Å². The summed E-state index contributed by atoms with van der Waals surface area (Å²) in [6.45, 7) is 6.64. The molecule has 0 aromatic rings. The highest BCUT2D eigenvalue weighted by molar-refractivity contribution is 5.79. The van der Waals surface area contributed by atoms with Crippen LogP contribution in [-0.4, -0.2) is 23.8 Å². The van der Waals surface area contributed by atoms with Crippen LogP contribution in [0, 0.1) is 5.41 Å². The molecule has 0 aromatic carbocycles. The summed E-state index contributed by atoms with van der Waals surface area (Å²) in [5, 5.41) is 3.10. The van der Waals surface area contributed by atoms with Crippen molar-refractivity contribution in [3.8, 4) is 0 Å². The number of hydrogen-bond donors (Lipinski definition) is 2. The maximum Gasteiger partial charge on any atom is 0.315 e. The van der Waals surface area contributed by atoms with E-state index in [9.17, 15) is 4.79 Å². The van der Waals surface area contributed by atoms with Gasteiger partial charge in [0, 0.05) is 6.54 Å². The predicted molar refractivity (Wildman–Crippen MR) is 66.3 cm³/mol. The van der Waals surface area contributed by atoms with E-state index in [0.717, 1.165) is 25.7 Å². The molecular weight excluding hydrogens is 216 g/mol. The van der Waals surface area contributed by atoms with Gasteiger partial charge in [-0.15, -0.1) is 0 Å². The molecule has 2 fully saturated rings.